The Bertz CT molecular complexity index is 1980. The number of carbonyl (C=O) groups is 3. The van der Waals surface area contributed by atoms with Crippen molar-refractivity contribution < 1.29 is 39.9 Å². The topological polar surface area (TPSA) is 257 Å². The van der Waals surface area contributed by atoms with Crippen LogP contribution in [0.4, 0.5) is 5.82 Å². The van der Waals surface area contributed by atoms with Gasteiger partial charge in [0.1, 0.15) is 30.6 Å². The van der Waals surface area contributed by atoms with Crippen LogP contribution in [0.3, 0.4) is 0 Å². The first kappa shape index (κ1) is 45.9. The molecule has 61 heavy (non-hydrogen) atoms. The van der Waals surface area contributed by atoms with Gasteiger partial charge >= 0.3 is 5.97 Å². The lowest BCUT2D eigenvalue weighted by molar-refractivity contribution is -0.131. The second kappa shape index (κ2) is 21.5. The van der Waals surface area contributed by atoms with Gasteiger partial charge < -0.3 is 62.2 Å². The van der Waals surface area contributed by atoms with E-state index in [4.69, 9.17) is 16.5 Å². The van der Waals surface area contributed by atoms with Gasteiger partial charge in [-0.05, 0) is 134 Å². The quantitative estimate of drug-likeness (QED) is 0.0472. The molecule has 0 bridgehead atoms. The van der Waals surface area contributed by atoms with Crippen LogP contribution in [0.25, 0.3) is 10.8 Å². The van der Waals surface area contributed by atoms with Gasteiger partial charge in [0.2, 0.25) is 0 Å². The summed E-state index contributed by atoms with van der Waals surface area (Å²) >= 11 is 0. The fourth-order valence-electron chi connectivity index (χ4n) is 10.2. The van der Waals surface area contributed by atoms with Gasteiger partial charge in [-0.1, -0.05) is 49.6 Å². The van der Waals surface area contributed by atoms with Gasteiger partial charge in [0, 0.05) is 37.3 Å². The number of hydrogen-bond acceptors (Lipinski definition) is 12. The van der Waals surface area contributed by atoms with Crippen molar-refractivity contribution in [2.24, 2.45) is 28.3 Å². The third kappa shape index (κ3) is 11.9. The number of aryl methyl sites for hydroxylation is 1. The summed E-state index contributed by atoms with van der Waals surface area (Å²) in [6.45, 7) is 0.0567. The number of aldehydes is 2. The van der Waals surface area contributed by atoms with Gasteiger partial charge in [0.25, 0.3) is 0 Å². The molecule has 0 saturated heterocycles. The van der Waals surface area contributed by atoms with Crippen LogP contribution in [0.15, 0.2) is 65.3 Å². The Balaban J connectivity index is 1.30. The monoisotopic (exact) mass is 842 g/mol. The van der Waals surface area contributed by atoms with Crippen molar-refractivity contribution in [2.45, 2.75) is 151 Å². The Labute approximate surface area is 358 Å². The number of anilines is 1. The van der Waals surface area contributed by atoms with Crippen molar-refractivity contribution in [1.29, 1.82) is 0 Å². The number of nitrogens with two attached hydrogens (primary N) is 2. The van der Waals surface area contributed by atoms with E-state index in [1.807, 2.05) is 18.2 Å². The Morgan fingerprint density at radius 3 is 2.54 bits per heavy atom. The van der Waals surface area contributed by atoms with Crippen LogP contribution in [0, 0.1) is 11.8 Å². The second-order valence-corrected chi connectivity index (χ2v) is 17.8. The first-order chi connectivity index (χ1) is 29.4. The van der Waals surface area contributed by atoms with Crippen molar-refractivity contribution in [1.82, 2.24) is 10.3 Å². The van der Waals surface area contributed by atoms with E-state index >= 15 is 0 Å². The Morgan fingerprint density at radius 1 is 1.03 bits per heavy atom. The molecule has 9 unspecified atom stereocenters. The number of aromatic nitrogens is 1. The molecule has 3 aromatic rings. The number of guanidine groups is 1. The number of hydrogen-bond donors (Lipinski definition) is 10. The van der Waals surface area contributed by atoms with Gasteiger partial charge in [-0.25, -0.2) is 9.79 Å². The summed E-state index contributed by atoms with van der Waals surface area (Å²) < 4.78 is 0. The Kier molecular flexibility index (Phi) is 16.2. The number of carboxylic acids is 1. The van der Waals surface area contributed by atoms with Crippen LogP contribution >= 0.6 is 0 Å². The maximum absolute atomic E-state index is 12.7. The summed E-state index contributed by atoms with van der Waals surface area (Å²) in [5.41, 5.74) is 15.5. The first-order valence-electron chi connectivity index (χ1n) is 22.2. The highest BCUT2D eigenvalue weighted by Gasteiger charge is 2.46. The number of nitrogens with one attached hydrogen (secondary N) is 3. The fourth-order valence-corrected chi connectivity index (χ4v) is 10.2. The molecule has 12 N–H and O–H groups in total. The number of aliphatic carboxylic acids is 1. The van der Waals surface area contributed by atoms with Crippen molar-refractivity contribution >= 4 is 41.1 Å². The summed E-state index contributed by atoms with van der Waals surface area (Å²) in [7, 11) is 0. The minimum Gasteiger partial charge on any atom is -0.478 e. The third-order valence-electron chi connectivity index (χ3n) is 13.6. The predicted molar refractivity (Wildman–Crippen MR) is 236 cm³/mol. The summed E-state index contributed by atoms with van der Waals surface area (Å²) in [4.78, 5) is 43.7. The summed E-state index contributed by atoms with van der Waals surface area (Å²) in [5, 5.41) is 62.2. The maximum Gasteiger partial charge on any atom is 0.328 e. The van der Waals surface area contributed by atoms with Gasteiger partial charge in [-0.15, -0.1) is 0 Å². The minimum atomic E-state index is -1.43. The molecule has 14 nitrogen and oxygen atoms in total. The lowest BCUT2D eigenvalue weighted by Gasteiger charge is -2.41. The molecule has 14 heteroatoms. The highest BCUT2D eigenvalue weighted by molar-refractivity contribution is 5.86. The number of rotatable bonds is 23. The summed E-state index contributed by atoms with van der Waals surface area (Å²) in [6, 6.07) is 12.2. The molecule has 3 aliphatic rings. The predicted octanol–water partition coefficient (Wildman–Crippen LogP) is 4.37. The number of aliphatic hydroxyl groups is 4. The van der Waals surface area contributed by atoms with Crippen molar-refractivity contribution in [3.63, 3.8) is 0 Å². The molecule has 1 saturated carbocycles. The normalized spacial score (nSPS) is 23.8. The van der Waals surface area contributed by atoms with Gasteiger partial charge in [0.05, 0.1) is 23.7 Å². The zero-order valence-electron chi connectivity index (χ0n) is 35.1. The number of nitrogens with zero attached hydrogens (tertiary/aromatic N) is 1. The zero-order chi connectivity index (χ0) is 43.5. The van der Waals surface area contributed by atoms with Gasteiger partial charge in [-0.2, -0.15) is 0 Å². The molecule has 1 aromatic heterocycles. The van der Waals surface area contributed by atoms with Crippen LogP contribution in [-0.4, -0.2) is 104 Å². The Morgan fingerprint density at radius 2 is 1.84 bits per heavy atom. The lowest BCUT2D eigenvalue weighted by Crippen LogP contribution is -2.60. The largest absolute Gasteiger partial charge is 0.478 e. The van der Waals surface area contributed by atoms with E-state index in [1.165, 1.54) is 17.2 Å². The highest BCUT2D eigenvalue weighted by Crippen LogP contribution is 2.45. The van der Waals surface area contributed by atoms with Crippen LogP contribution < -0.4 is 22.1 Å². The highest BCUT2D eigenvalue weighted by atomic mass is 16.4. The number of aliphatic hydroxyl groups excluding tert-OH is 3. The maximum atomic E-state index is 12.7. The minimum absolute atomic E-state index is 0.00956. The molecule has 9 atom stereocenters. The Hall–Kier alpha value is -4.60. The molecule has 332 valence electrons. The molecule has 6 rings (SSSR count). The number of carboxylic acid groups (broad SMARTS) is 1. The van der Waals surface area contributed by atoms with Crippen molar-refractivity contribution in [2.75, 3.05) is 11.9 Å². The van der Waals surface area contributed by atoms with E-state index < -0.39 is 41.9 Å². The molecule has 2 heterocycles. The van der Waals surface area contributed by atoms with E-state index in [2.05, 4.69) is 39.9 Å². The molecular weight excluding hydrogens is 777 g/mol. The van der Waals surface area contributed by atoms with Crippen LogP contribution in [-0.2, 0) is 27.2 Å². The average molecular weight is 843 g/mol. The van der Waals surface area contributed by atoms with E-state index in [-0.39, 0.29) is 42.8 Å². The number of aliphatic imine (C=N–C) groups is 1. The lowest BCUT2D eigenvalue weighted by atomic mass is 9.69. The molecule has 2 aromatic carbocycles. The standard InChI is InChI=1S/C47H66N6O8/c48-35(15-11-30(28-56)6-5-20-54)7-3-8-36-33(14-13-32-23-31-12-10-29(16-21-55)22-34(31)24-37(32)36)25-39(51-42-9-4-19-50-42)38(26-43(57)58)40-27-41(53-46(49)52-40)44(59)45(60)47(61)17-1-2-18-47/h4,9-10,12,19,21-24,26,28,30,33,35-36,39-41,44-45,50-51,54,59-61H,1-3,5-8,11,13-18,20,25,27,48H2,(H,57,58)(H3,49,52,53). The smallest absolute Gasteiger partial charge is 0.328 e. The number of aromatic amines is 1. The first-order valence-corrected chi connectivity index (χ1v) is 22.2. The van der Waals surface area contributed by atoms with Crippen LogP contribution in [0.1, 0.15) is 112 Å². The summed E-state index contributed by atoms with van der Waals surface area (Å²) in [6.07, 6.45) is 12.0. The average Bonchev–Trinajstić information content (AvgIpc) is 3.94. The fraction of sp³-hybridized carbons (Fsp3) is 0.574. The molecule has 0 amide bonds. The number of carbonyl (C=O) groups excluding carboxylic acids is 2. The summed E-state index contributed by atoms with van der Waals surface area (Å²) in [5.74, 6) is -0.393. The molecule has 0 radical (unpaired) electrons. The third-order valence-corrected chi connectivity index (χ3v) is 13.6. The van der Waals surface area contributed by atoms with E-state index in [1.54, 1.807) is 6.20 Å². The molecule has 0 spiro atoms. The zero-order valence-corrected chi connectivity index (χ0v) is 35.1. The molecular formula is C47H66N6O8. The molecule has 1 fully saturated rings. The van der Waals surface area contributed by atoms with Gasteiger partial charge in [0.15, 0.2) is 5.96 Å². The van der Waals surface area contributed by atoms with Crippen LogP contribution in [0.2, 0.25) is 0 Å². The van der Waals surface area contributed by atoms with Crippen molar-refractivity contribution in [3.05, 3.63) is 77.0 Å². The molecule has 2 aliphatic carbocycles. The number of fused-ring (bicyclic) bond motifs is 2. The van der Waals surface area contributed by atoms with E-state index in [0.717, 1.165) is 73.9 Å². The number of benzene rings is 2. The van der Waals surface area contributed by atoms with E-state index in [0.29, 0.717) is 62.8 Å². The number of H-pyrrole nitrogens is 1. The second-order valence-electron chi connectivity index (χ2n) is 17.8. The SMILES string of the molecule is NC1=NC(C(=CC(=O)O)C(CC2CCc3cc4ccc(CC=O)cc4cc3C2CCCC(N)CCC(C=O)CCCO)Nc2ccc[nH]2)CC(C(O)C(O)C2(O)CCCC2)N1. The van der Waals surface area contributed by atoms with Crippen LogP contribution in [0.5, 0.6) is 0 Å². The van der Waals surface area contributed by atoms with Crippen molar-refractivity contribution in [3.8, 4) is 0 Å². The van der Waals surface area contributed by atoms with Gasteiger partial charge in [-0.3, -0.25) is 0 Å². The van der Waals surface area contributed by atoms with E-state index in [9.17, 15) is 39.9 Å². The molecule has 1 aliphatic heterocycles.